The number of hydrogen-bond acceptors (Lipinski definition) is 4. The van der Waals surface area contributed by atoms with Gasteiger partial charge in [-0.25, -0.2) is 8.42 Å². The summed E-state index contributed by atoms with van der Waals surface area (Å²) in [5.41, 5.74) is 0.887. The van der Waals surface area contributed by atoms with Crippen LogP contribution in [0.4, 0.5) is 0 Å². The smallest absolute Gasteiger partial charge is 0.227 e. The van der Waals surface area contributed by atoms with E-state index in [1.807, 2.05) is 38.1 Å². The summed E-state index contributed by atoms with van der Waals surface area (Å²) < 4.78 is 22.8. The minimum Gasteiger partial charge on any atom is -0.388 e. The third kappa shape index (κ3) is 4.08. The third-order valence-electron chi connectivity index (χ3n) is 4.40. The summed E-state index contributed by atoms with van der Waals surface area (Å²) >= 11 is 0. The topological polar surface area (TPSA) is 83.5 Å². The number of aliphatic hydroxyl groups is 1. The summed E-state index contributed by atoms with van der Waals surface area (Å²) in [6.07, 6.45) is 0.350. The number of benzene rings is 1. The Morgan fingerprint density at radius 1 is 1.32 bits per heavy atom. The SMILES string of the molecule is Cc1ccccc1C(C)C(=O)NCC1(O)CCS(=O)(=O)CC1. The predicted molar refractivity (Wildman–Crippen MR) is 85.4 cm³/mol. The monoisotopic (exact) mass is 325 g/mol. The lowest BCUT2D eigenvalue weighted by atomic mass is 9.94. The van der Waals surface area contributed by atoms with E-state index < -0.39 is 15.4 Å². The van der Waals surface area contributed by atoms with Crippen LogP contribution in [0.25, 0.3) is 0 Å². The predicted octanol–water partition coefficient (Wildman–Crippen LogP) is 1.15. The fraction of sp³-hybridized carbons (Fsp3) is 0.562. The van der Waals surface area contributed by atoms with E-state index >= 15 is 0 Å². The molecule has 1 aromatic carbocycles. The Kier molecular flexibility index (Phi) is 4.92. The molecule has 1 atom stereocenters. The Morgan fingerprint density at radius 2 is 1.91 bits per heavy atom. The van der Waals surface area contributed by atoms with Crippen molar-refractivity contribution in [1.82, 2.24) is 5.32 Å². The summed E-state index contributed by atoms with van der Waals surface area (Å²) in [6.45, 7) is 3.88. The molecule has 1 aromatic rings. The molecule has 5 nitrogen and oxygen atoms in total. The molecule has 0 spiro atoms. The van der Waals surface area contributed by atoms with Gasteiger partial charge in [-0.15, -0.1) is 0 Å². The zero-order valence-corrected chi connectivity index (χ0v) is 13.8. The van der Waals surface area contributed by atoms with Gasteiger partial charge in [0.2, 0.25) is 5.91 Å². The van der Waals surface area contributed by atoms with Crippen LogP contribution >= 0.6 is 0 Å². The first-order chi connectivity index (χ1) is 10.2. The third-order valence-corrected chi connectivity index (χ3v) is 6.05. The molecule has 1 unspecified atom stereocenters. The summed E-state index contributed by atoms with van der Waals surface area (Å²) in [5, 5.41) is 13.1. The maximum atomic E-state index is 12.3. The lowest BCUT2D eigenvalue weighted by molar-refractivity contribution is -0.123. The molecule has 22 heavy (non-hydrogen) atoms. The first-order valence-electron chi connectivity index (χ1n) is 7.48. The van der Waals surface area contributed by atoms with Crippen molar-refractivity contribution in [3.05, 3.63) is 35.4 Å². The number of carbonyl (C=O) groups is 1. The van der Waals surface area contributed by atoms with Crippen molar-refractivity contribution in [3.8, 4) is 0 Å². The first kappa shape index (κ1) is 17.0. The number of amides is 1. The molecule has 1 heterocycles. The lowest BCUT2D eigenvalue weighted by Crippen LogP contribution is -2.48. The number of rotatable bonds is 4. The number of sulfone groups is 1. The average molecular weight is 325 g/mol. The Hall–Kier alpha value is -1.40. The molecule has 1 fully saturated rings. The van der Waals surface area contributed by atoms with Crippen LogP contribution in [0.5, 0.6) is 0 Å². The number of carbonyl (C=O) groups excluding carboxylic acids is 1. The van der Waals surface area contributed by atoms with E-state index in [1.165, 1.54) is 0 Å². The van der Waals surface area contributed by atoms with Crippen molar-refractivity contribution >= 4 is 15.7 Å². The van der Waals surface area contributed by atoms with Crippen LogP contribution in [0.1, 0.15) is 36.8 Å². The van der Waals surface area contributed by atoms with Gasteiger partial charge in [0.05, 0.1) is 23.0 Å². The van der Waals surface area contributed by atoms with Gasteiger partial charge in [-0.2, -0.15) is 0 Å². The number of hydrogen-bond donors (Lipinski definition) is 2. The standard InChI is InChI=1S/C16H23NO4S/c1-12-5-3-4-6-14(12)13(2)15(18)17-11-16(19)7-9-22(20,21)10-8-16/h3-6,13,19H,7-11H2,1-2H3,(H,17,18). The molecule has 0 saturated carbocycles. The highest BCUT2D eigenvalue weighted by Gasteiger charge is 2.35. The average Bonchev–Trinajstić information content (AvgIpc) is 2.48. The highest BCUT2D eigenvalue weighted by Crippen LogP contribution is 2.24. The second-order valence-electron chi connectivity index (χ2n) is 6.17. The van der Waals surface area contributed by atoms with Crippen LogP contribution in [-0.2, 0) is 14.6 Å². The maximum Gasteiger partial charge on any atom is 0.227 e. The Bertz CT molecular complexity index is 640. The van der Waals surface area contributed by atoms with Crippen molar-refractivity contribution in [1.29, 1.82) is 0 Å². The van der Waals surface area contributed by atoms with E-state index in [1.54, 1.807) is 0 Å². The lowest BCUT2D eigenvalue weighted by Gasteiger charge is -2.32. The molecule has 6 heteroatoms. The van der Waals surface area contributed by atoms with E-state index in [0.29, 0.717) is 0 Å². The summed E-state index contributed by atoms with van der Waals surface area (Å²) in [5.74, 6) is -0.507. The first-order valence-corrected chi connectivity index (χ1v) is 9.31. The molecule has 0 radical (unpaired) electrons. The molecule has 0 bridgehead atoms. The molecule has 0 aliphatic carbocycles. The van der Waals surface area contributed by atoms with Gasteiger partial charge in [0.1, 0.15) is 0 Å². The molecule has 0 aromatic heterocycles. The van der Waals surface area contributed by atoms with Crippen LogP contribution < -0.4 is 5.32 Å². The summed E-state index contributed by atoms with van der Waals surface area (Å²) in [4.78, 5) is 12.3. The highest BCUT2D eigenvalue weighted by atomic mass is 32.2. The van der Waals surface area contributed by atoms with Crippen LogP contribution in [0, 0.1) is 6.92 Å². The largest absolute Gasteiger partial charge is 0.388 e. The molecule has 1 amide bonds. The van der Waals surface area contributed by atoms with Gasteiger partial charge in [-0.05, 0) is 37.8 Å². The minimum absolute atomic E-state index is 0.0211. The quantitative estimate of drug-likeness (QED) is 0.870. The molecule has 2 N–H and O–H groups in total. The Labute approximate surface area is 131 Å². The van der Waals surface area contributed by atoms with Gasteiger partial charge in [-0.1, -0.05) is 24.3 Å². The second-order valence-corrected chi connectivity index (χ2v) is 8.48. The van der Waals surface area contributed by atoms with Gasteiger partial charge >= 0.3 is 0 Å². The minimum atomic E-state index is -3.03. The zero-order chi connectivity index (χ0) is 16.4. The molecular formula is C16H23NO4S. The van der Waals surface area contributed by atoms with Crippen LogP contribution in [-0.4, -0.2) is 43.1 Å². The van der Waals surface area contributed by atoms with Crippen molar-refractivity contribution in [2.45, 2.75) is 38.2 Å². The van der Waals surface area contributed by atoms with Crippen LogP contribution in [0.2, 0.25) is 0 Å². The maximum absolute atomic E-state index is 12.3. The van der Waals surface area contributed by atoms with E-state index in [0.717, 1.165) is 11.1 Å². The van der Waals surface area contributed by atoms with Gasteiger partial charge < -0.3 is 10.4 Å². The van der Waals surface area contributed by atoms with Crippen molar-refractivity contribution < 1.29 is 18.3 Å². The number of nitrogens with one attached hydrogen (secondary N) is 1. The van der Waals surface area contributed by atoms with Gasteiger partial charge in [0.25, 0.3) is 0 Å². The Morgan fingerprint density at radius 3 is 2.50 bits per heavy atom. The summed E-state index contributed by atoms with van der Waals surface area (Å²) in [7, 11) is -3.03. The van der Waals surface area contributed by atoms with Crippen LogP contribution in [0.3, 0.4) is 0 Å². The van der Waals surface area contributed by atoms with E-state index in [2.05, 4.69) is 5.32 Å². The van der Waals surface area contributed by atoms with Crippen molar-refractivity contribution in [2.75, 3.05) is 18.1 Å². The normalized spacial score (nSPS) is 21.0. The number of aryl methyl sites for hydroxylation is 1. The van der Waals surface area contributed by atoms with Gasteiger partial charge in [0.15, 0.2) is 9.84 Å². The second kappa shape index (κ2) is 6.38. The molecule has 2 rings (SSSR count). The van der Waals surface area contributed by atoms with Gasteiger partial charge in [-0.3, -0.25) is 4.79 Å². The summed E-state index contributed by atoms with van der Waals surface area (Å²) in [6, 6.07) is 7.69. The fourth-order valence-electron chi connectivity index (χ4n) is 2.71. The van der Waals surface area contributed by atoms with E-state index in [4.69, 9.17) is 0 Å². The highest BCUT2D eigenvalue weighted by molar-refractivity contribution is 7.91. The molecule has 1 aliphatic rings. The zero-order valence-electron chi connectivity index (χ0n) is 13.0. The van der Waals surface area contributed by atoms with Crippen LogP contribution in [0.15, 0.2) is 24.3 Å². The van der Waals surface area contributed by atoms with Crippen molar-refractivity contribution in [2.24, 2.45) is 0 Å². The van der Waals surface area contributed by atoms with Gasteiger partial charge in [0, 0.05) is 6.54 Å². The van der Waals surface area contributed by atoms with Crippen molar-refractivity contribution in [3.63, 3.8) is 0 Å². The molecule has 1 aliphatic heterocycles. The van der Waals surface area contributed by atoms with E-state index in [9.17, 15) is 18.3 Å². The molecule has 1 saturated heterocycles. The molecule has 122 valence electrons. The molecular weight excluding hydrogens is 302 g/mol. The Balaban J connectivity index is 1.94. The fourth-order valence-corrected chi connectivity index (χ4v) is 4.30. The van der Waals surface area contributed by atoms with E-state index in [-0.39, 0.29) is 42.7 Å².